The largest absolute Gasteiger partial charge is 0.453 e. The minimum atomic E-state index is -0.894. The van der Waals surface area contributed by atoms with Crippen molar-refractivity contribution in [2.75, 3.05) is 7.05 Å². The van der Waals surface area contributed by atoms with Crippen molar-refractivity contribution in [1.29, 1.82) is 0 Å². The third-order valence-corrected chi connectivity index (χ3v) is 4.61. The van der Waals surface area contributed by atoms with Crippen LogP contribution in [-0.2, 0) is 27.3 Å². The Balaban J connectivity index is 1.51. The van der Waals surface area contributed by atoms with Gasteiger partial charge >= 0.3 is 5.97 Å². The van der Waals surface area contributed by atoms with Crippen LogP contribution in [0.5, 0.6) is 0 Å². The molecule has 1 N–H and O–H groups in total. The van der Waals surface area contributed by atoms with E-state index in [0.29, 0.717) is 12.0 Å². The predicted molar refractivity (Wildman–Crippen MR) is 105 cm³/mol. The molecule has 0 spiro atoms. The predicted octanol–water partition coefficient (Wildman–Crippen LogP) is 3.83. The highest BCUT2D eigenvalue weighted by molar-refractivity contribution is 5.85. The van der Waals surface area contributed by atoms with Crippen LogP contribution >= 0.6 is 0 Å². The number of carbonyl (C=O) groups excluding carboxylic acids is 2. The van der Waals surface area contributed by atoms with E-state index in [0.717, 1.165) is 16.5 Å². The van der Waals surface area contributed by atoms with E-state index in [2.05, 4.69) is 4.98 Å². The van der Waals surface area contributed by atoms with Crippen LogP contribution in [0.15, 0.2) is 54.7 Å². The molecule has 0 fully saturated rings. The number of fused-ring (bicyclic) bond motifs is 1. The number of hydrogen-bond donors (Lipinski definition) is 1. The van der Waals surface area contributed by atoms with Gasteiger partial charge in [0.2, 0.25) is 0 Å². The summed E-state index contributed by atoms with van der Waals surface area (Å²) in [5, 5.41) is 1.08. The number of carbonyl (C=O) groups is 2. The highest BCUT2D eigenvalue weighted by Gasteiger charge is 2.21. The van der Waals surface area contributed by atoms with Gasteiger partial charge in [-0.05, 0) is 42.7 Å². The molecule has 0 aliphatic carbocycles. The third-order valence-electron chi connectivity index (χ3n) is 4.61. The Bertz CT molecular complexity index is 983. The second-order valence-electron chi connectivity index (χ2n) is 6.82. The molecule has 0 aliphatic rings. The van der Waals surface area contributed by atoms with Gasteiger partial charge in [0, 0.05) is 37.1 Å². The van der Waals surface area contributed by atoms with Crippen molar-refractivity contribution in [2.45, 2.75) is 32.4 Å². The third kappa shape index (κ3) is 4.76. The molecule has 5 nitrogen and oxygen atoms in total. The maximum Gasteiger partial charge on any atom is 0.306 e. The molecule has 0 saturated carbocycles. The molecule has 1 atom stereocenters. The van der Waals surface area contributed by atoms with Gasteiger partial charge in [-0.25, -0.2) is 4.39 Å². The lowest BCUT2D eigenvalue weighted by Gasteiger charge is -2.21. The number of halogens is 1. The monoisotopic (exact) mass is 382 g/mol. The number of aromatic nitrogens is 1. The number of nitrogens with zero attached hydrogens (tertiary/aromatic N) is 1. The first-order valence-corrected chi connectivity index (χ1v) is 9.18. The Hall–Kier alpha value is -3.15. The van der Waals surface area contributed by atoms with E-state index in [1.807, 2.05) is 30.5 Å². The summed E-state index contributed by atoms with van der Waals surface area (Å²) in [5.74, 6) is -1.11. The number of amides is 1. The van der Waals surface area contributed by atoms with Crippen molar-refractivity contribution in [3.05, 3.63) is 71.7 Å². The summed E-state index contributed by atoms with van der Waals surface area (Å²) in [6.07, 6.45) is 1.71. The number of aryl methyl sites for hydroxylation is 1. The maximum atomic E-state index is 13.3. The zero-order valence-corrected chi connectivity index (χ0v) is 15.9. The number of hydrogen-bond acceptors (Lipinski definition) is 3. The first-order chi connectivity index (χ1) is 13.4. The summed E-state index contributed by atoms with van der Waals surface area (Å²) in [5.41, 5.74) is 2.73. The molecular weight excluding hydrogens is 359 g/mol. The van der Waals surface area contributed by atoms with Crippen LogP contribution in [0.3, 0.4) is 0 Å². The van der Waals surface area contributed by atoms with Crippen LogP contribution in [0.2, 0.25) is 0 Å². The zero-order chi connectivity index (χ0) is 20.1. The summed E-state index contributed by atoms with van der Waals surface area (Å²) >= 11 is 0. The topological polar surface area (TPSA) is 62.4 Å². The molecule has 6 heteroatoms. The molecule has 3 aromatic rings. The minimum absolute atomic E-state index is 0.188. The molecule has 1 aromatic heterocycles. The van der Waals surface area contributed by atoms with Gasteiger partial charge in [0.1, 0.15) is 5.82 Å². The average molecular weight is 382 g/mol. The quantitative estimate of drug-likeness (QED) is 0.632. The van der Waals surface area contributed by atoms with E-state index in [9.17, 15) is 14.0 Å². The lowest BCUT2D eigenvalue weighted by atomic mass is 10.1. The lowest BCUT2D eigenvalue weighted by Crippen LogP contribution is -2.37. The number of aromatic amines is 1. The van der Waals surface area contributed by atoms with Crippen LogP contribution < -0.4 is 0 Å². The number of esters is 1. The highest BCUT2D eigenvalue weighted by atomic mass is 19.1. The fourth-order valence-electron chi connectivity index (χ4n) is 3.18. The minimum Gasteiger partial charge on any atom is -0.453 e. The molecule has 0 bridgehead atoms. The van der Waals surface area contributed by atoms with E-state index in [1.54, 1.807) is 26.1 Å². The second kappa shape index (κ2) is 8.69. The number of likely N-dealkylation sites (N-methyl/N-ethyl adjacent to an activating group) is 1. The fraction of sp³-hybridized carbons (Fsp3) is 0.273. The number of benzene rings is 2. The van der Waals surface area contributed by atoms with Crippen molar-refractivity contribution in [3.63, 3.8) is 0 Å². The Kier molecular flexibility index (Phi) is 6.09. The van der Waals surface area contributed by atoms with Gasteiger partial charge < -0.3 is 14.6 Å². The SMILES string of the molecule is C[C@H](OC(=O)CCc1c[nH]c2ccccc12)C(=O)N(C)Cc1cccc(F)c1. The van der Waals surface area contributed by atoms with Gasteiger partial charge in [0.25, 0.3) is 5.91 Å². The second-order valence-corrected chi connectivity index (χ2v) is 6.82. The smallest absolute Gasteiger partial charge is 0.306 e. The Morgan fingerprint density at radius 2 is 1.96 bits per heavy atom. The van der Waals surface area contributed by atoms with Gasteiger partial charge in [0.05, 0.1) is 0 Å². The van der Waals surface area contributed by atoms with Crippen LogP contribution in [0.4, 0.5) is 4.39 Å². The normalized spacial score (nSPS) is 12.0. The van der Waals surface area contributed by atoms with Gasteiger partial charge in [-0.3, -0.25) is 9.59 Å². The molecule has 0 saturated heterocycles. The number of ether oxygens (including phenoxy) is 1. The van der Waals surface area contributed by atoms with Crippen molar-refractivity contribution in [1.82, 2.24) is 9.88 Å². The summed E-state index contributed by atoms with van der Waals surface area (Å²) in [6, 6.07) is 13.9. The van der Waals surface area contributed by atoms with E-state index in [4.69, 9.17) is 4.74 Å². The molecule has 3 rings (SSSR count). The van der Waals surface area contributed by atoms with Gasteiger partial charge in [0.15, 0.2) is 6.10 Å². The molecule has 0 radical (unpaired) electrons. The van der Waals surface area contributed by atoms with Crippen LogP contribution in [-0.4, -0.2) is 34.9 Å². The zero-order valence-electron chi connectivity index (χ0n) is 15.9. The standard InChI is InChI=1S/C22H23FN2O3/c1-15(22(27)25(2)14-16-6-5-7-18(23)12-16)28-21(26)11-10-17-13-24-20-9-4-3-8-19(17)20/h3-9,12-13,15,24H,10-11,14H2,1-2H3/t15-/m0/s1. The number of H-pyrrole nitrogens is 1. The molecule has 0 aliphatic heterocycles. The summed E-state index contributed by atoms with van der Waals surface area (Å²) in [6.45, 7) is 1.79. The summed E-state index contributed by atoms with van der Waals surface area (Å²) in [7, 11) is 1.60. The van der Waals surface area contributed by atoms with Crippen LogP contribution in [0.25, 0.3) is 10.9 Å². The van der Waals surface area contributed by atoms with E-state index in [1.165, 1.54) is 17.0 Å². The Morgan fingerprint density at radius 3 is 2.75 bits per heavy atom. The van der Waals surface area contributed by atoms with E-state index < -0.39 is 12.1 Å². The Labute approximate surface area is 163 Å². The van der Waals surface area contributed by atoms with Crippen molar-refractivity contribution >= 4 is 22.8 Å². The van der Waals surface area contributed by atoms with Crippen LogP contribution in [0.1, 0.15) is 24.5 Å². The first kappa shape index (κ1) is 19.6. The van der Waals surface area contributed by atoms with E-state index in [-0.39, 0.29) is 24.7 Å². The lowest BCUT2D eigenvalue weighted by molar-refractivity contribution is -0.158. The number of rotatable bonds is 7. The maximum absolute atomic E-state index is 13.3. The van der Waals surface area contributed by atoms with Gasteiger partial charge in [-0.2, -0.15) is 0 Å². The van der Waals surface area contributed by atoms with Crippen molar-refractivity contribution in [2.24, 2.45) is 0 Å². The summed E-state index contributed by atoms with van der Waals surface area (Å²) < 4.78 is 18.6. The molecule has 1 heterocycles. The van der Waals surface area contributed by atoms with Crippen LogP contribution in [0, 0.1) is 5.82 Å². The molecule has 2 aromatic carbocycles. The molecule has 0 unspecified atom stereocenters. The molecule has 146 valence electrons. The van der Waals surface area contributed by atoms with E-state index >= 15 is 0 Å². The number of nitrogens with one attached hydrogen (secondary N) is 1. The molecule has 28 heavy (non-hydrogen) atoms. The van der Waals surface area contributed by atoms with Gasteiger partial charge in [-0.15, -0.1) is 0 Å². The average Bonchev–Trinajstić information content (AvgIpc) is 3.09. The fourth-order valence-corrected chi connectivity index (χ4v) is 3.18. The summed E-state index contributed by atoms with van der Waals surface area (Å²) in [4.78, 5) is 29.2. The van der Waals surface area contributed by atoms with Gasteiger partial charge in [-0.1, -0.05) is 30.3 Å². The Morgan fingerprint density at radius 1 is 1.18 bits per heavy atom. The van der Waals surface area contributed by atoms with Crippen molar-refractivity contribution in [3.8, 4) is 0 Å². The number of para-hydroxylation sites is 1. The molecule has 1 amide bonds. The molecular formula is C22H23FN2O3. The highest BCUT2D eigenvalue weighted by Crippen LogP contribution is 2.19. The van der Waals surface area contributed by atoms with Crippen molar-refractivity contribution < 1.29 is 18.7 Å². The first-order valence-electron chi connectivity index (χ1n) is 9.18.